The maximum atomic E-state index is 13.2. The fourth-order valence-electron chi connectivity index (χ4n) is 2.31. The van der Waals surface area contributed by atoms with Crippen LogP contribution in [0.4, 0.5) is 10.1 Å². The number of H-pyrrole nitrogens is 1. The van der Waals surface area contributed by atoms with E-state index in [9.17, 15) is 9.18 Å². The lowest BCUT2D eigenvalue weighted by molar-refractivity contribution is -0.116. The van der Waals surface area contributed by atoms with Crippen LogP contribution in [-0.4, -0.2) is 27.8 Å². The van der Waals surface area contributed by atoms with Gasteiger partial charge in [0, 0.05) is 19.0 Å². The molecule has 130 valence electrons. The summed E-state index contributed by atoms with van der Waals surface area (Å²) in [5, 5.41) is 11.6. The van der Waals surface area contributed by atoms with Gasteiger partial charge in [-0.15, -0.1) is 11.3 Å². The van der Waals surface area contributed by atoms with Crippen molar-refractivity contribution < 1.29 is 13.9 Å². The number of rotatable bonds is 6. The van der Waals surface area contributed by atoms with Gasteiger partial charge >= 0.3 is 0 Å². The summed E-state index contributed by atoms with van der Waals surface area (Å²) >= 11 is 6.78. The fraction of sp³-hybridized carbons (Fsp3) is 0.188. The Morgan fingerprint density at radius 1 is 1.48 bits per heavy atom. The normalized spacial score (nSPS) is 10.6. The molecule has 0 spiro atoms. The Balaban J connectivity index is 1.70. The van der Waals surface area contributed by atoms with E-state index in [1.54, 1.807) is 15.9 Å². The number of aromatic nitrogens is 3. The van der Waals surface area contributed by atoms with Gasteiger partial charge in [0.2, 0.25) is 5.91 Å². The van der Waals surface area contributed by atoms with Crippen LogP contribution >= 0.6 is 23.6 Å². The quantitative estimate of drug-likeness (QED) is 0.639. The average molecular weight is 378 g/mol. The van der Waals surface area contributed by atoms with Gasteiger partial charge in [-0.3, -0.25) is 14.5 Å². The zero-order valence-electron chi connectivity index (χ0n) is 13.3. The summed E-state index contributed by atoms with van der Waals surface area (Å²) in [4.78, 5) is 13.2. The molecule has 2 heterocycles. The molecular weight excluding hydrogens is 363 g/mol. The van der Waals surface area contributed by atoms with E-state index in [4.69, 9.17) is 17.0 Å². The number of nitrogens with one attached hydrogen (secondary N) is 2. The monoisotopic (exact) mass is 378 g/mol. The van der Waals surface area contributed by atoms with Gasteiger partial charge in [-0.25, -0.2) is 4.39 Å². The first-order valence-electron chi connectivity index (χ1n) is 7.41. The van der Waals surface area contributed by atoms with Crippen molar-refractivity contribution in [3.63, 3.8) is 0 Å². The lowest BCUT2D eigenvalue weighted by atomic mass is 10.2. The number of benzene rings is 1. The minimum atomic E-state index is -0.430. The van der Waals surface area contributed by atoms with Gasteiger partial charge in [0.1, 0.15) is 11.6 Å². The number of methoxy groups -OCH3 is 1. The third-order valence-corrected chi connectivity index (χ3v) is 4.68. The molecule has 2 N–H and O–H groups in total. The Kier molecular flexibility index (Phi) is 5.25. The Morgan fingerprint density at radius 3 is 3.04 bits per heavy atom. The Labute approximate surface area is 152 Å². The van der Waals surface area contributed by atoms with Crippen LogP contribution in [-0.2, 0) is 11.3 Å². The topological polar surface area (TPSA) is 71.9 Å². The van der Waals surface area contributed by atoms with Crippen LogP contribution in [0.5, 0.6) is 5.75 Å². The number of hydrogen-bond donors (Lipinski definition) is 2. The molecule has 1 aromatic carbocycles. The van der Waals surface area contributed by atoms with E-state index >= 15 is 0 Å². The molecule has 25 heavy (non-hydrogen) atoms. The Bertz CT molecular complexity index is 934. The number of ether oxygens (including phenoxy) is 1. The highest BCUT2D eigenvalue weighted by Crippen LogP contribution is 2.25. The van der Waals surface area contributed by atoms with E-state index in [1.165, 1.54) is 25.3 Å². The molecule has 1 amide bonds. The zero-order valence-corrected chi connectivity index (χ0v) is 14.9. The molecular formula is C16H15FN4O2S2. The van der Waals surface area contributed by atoms with Crippen LogP contribution in [0.15, 0.2) is 35.7 Å². The SMILES string of the molecule is COc1cc(F)ccc1NC(=O)CCn1c(-c2cccs2)n[nH]c1=S. The van der Waals surface area contributed by atoms with Crippen molar-refractivity contribution in [2.45, 2.75) is 13.0 Å². The van der Waals surface area contributed by atoms with Gasteiger partial charge in [0.15, 0.2) is 10.6 Å². The number of thiophene rings is 1. The summed E-state index contributed by atoms with van der Waals surface area (Å²) in [7, 11) is 1.42. The first kappa shape index (κ1) is 17.3. The molecule has 2 aromatic heterocycles. The highest BCUT2D eigenvalue weighted by atomic mass is 32.1. The highest BCUT2D eigenvalue weighted by molar-refractivity contribution is 7.71. The second kappa shape index (κ2) is 7.58. The van der Waals surface area contributed by atoms with Crippen molar-refractivity contribution in [3.05, 3.63) is 46.3 Å². The molecule has 3 aromatic rings. The summed E-state index contributed by atoms with van der Waals surface area (Å²) in [6.45, 7) is 0.373. The van der Waals surface area contributed by atoms with Gasteiger partial charge in [-0.05, 0) is 35.8 Å². The molecule has 3 rings (SSSR count). The second-order valence-corrected chi connectivity index (χ2v) is 6.46. The van der Waals surface area contributed by atoms with Crippen LogP contribution in [0.25, 0.3) is 10.7 Å². The first-order chi connectivity index (χ1) is 12.1. The molecule has 0 unspecified atom stereocenters. The van der Waals surface area contributed by atoms with Crippen molar-refractivity contribution in [3.8, 4) is 16.5 Å². The maximum Gasteiger partial charge on any atom is 0.226 e. The summed E-state index contributed by atoms with van der Waals surface area (Å²) in [5.74, 6) is 0.310. The van der Waals surface area contributed by atoms with Crippen LogP contribution in [0.2, 0.25) is 0 Å². The van der Waals surface area contributed by atoms with Gasteiger partial charge in [-0.1, -0.05) is 6.07 Å². The largest absolute Gasteiger partial charge is 0.494 e. The molecule has 0 radical (unpaired) electrons. The fourth-order valence-corrected chi connectivity index (χ4v) is 3.26. The molecule has 0 bridgehead atoms. The van der Waals surface area contributed by atoms with E-state index in [0.717, 1.165) is 4.88 Å². The second-order valence-electron chi connectivity index (χ2n) is 5.12. The van der Waals surface area contributed by atoms with Crippen LogP contribution in [0.3, 0.4) is 0 Å². The molecule has 0 saturated heterocycles. The zero-order chi connectivity index (χ0) is 17.8. The molecule has 9 heteroatoms. The van der Waals surface area contributed by atoms with E-state index in [1.807, 2.05) is 17.5 Å². The molecule has 0 fully saturated rings. The standard InChI is InChI=1S/C16H15FN4O2S2/c1-23-12-9-10(17)4-5-11(12)18-14(22)6-7-21-15(19-20-16(21)24)13-3-2-8-25-13/h2-5,8-9H,6-7H2,1H3,(H,18,22)(H,20,24). The van der Waals surface area contributed by atoms with E-state index in [-0.39, 0.29) is 18.1 Å². The van der Waals surface area contributed by atoms with Crippen molar-refractivity contribution >= 4 is 35.1 Å². The highest BCUT2D eigenvalue weighted by Gasteiger charge is 2.13. The molecule has 0 saturated carbocycles. The number of nitrogens with zero attached hydrogens (tertiary/aromatic N) is 2. The molecule has 0 aliphatic carbocycles. The number of carbonyl (C=O) groups is 1. The van der Waals surface area contributed by atoms with E-state index < -0.39 is 5.82 Å². The van der Waals surface area contributed by atoms with Gasteiger partial charge in [0.05, 0.1) is 17.7 Å². The molecule has 0 aliphatic heterocycles. The summed E-state index contributed by atoms with van der Waals surface area (Å²) in [5.41, 5.74) is 0.420. The predicted molar refractivity (Wildman–Crippen MR) is 96.9 cm³/mol. The van der Waals surface area contributed by atoms with Crippen LogP contribution < -0.4 is 10.1 Å². The third-order valence-electron chi connectivity index (χ3n) is 3.50. The Hall–Kier alpha value is -2.52. The van der Waals surface area contributed by atoms with Crippen LogP contribution in [0.1, 0.15) is 6.42 Å². The van der Waals surface area contributed by atoms with E-state index in [0.29, 0.717) is 22.8 Å². The minimum Gasteiger partial charge on any atom is -0.494 e. The van der Waals surface area contributed by atoms with Crippen LogP contribution in [0, 0.1) is 10.6 Å². The number of anilines is 1. The van der Waals surface area contributed by atoms with Crippen molar-refractivity contribution in [1.29, 1.82) is 0 Å². The number of amides is 1. The molecule has 0 aliphatic rings. The third kappa shape index (κ3) is 3.94. The van der Waals surface area contributed by atoms with Crippen molar-refractivity contribution in [1.82, 2.24) is 14.8 Å². The first-order valence-corrected chi connectivity index (χ1v) is 8.69. The lowest BCUT2D eigenvalue weighted by Gasteiger charge is -2.11. The Morgan fingerprint density at radius 2 is 2.32 bits per heavy atom. The lowest BCUT2D eigenvalue weighted by Crippen LogP contribution is -2.15. The summed E-state index contributed by atoms with van der Waals surface area (Å²) in [6, 6.07) is 7.81. The van der Waals surface area contributed by atoms with Gasteiger partial charge in [-0.2, -0.15) is 5.10 Å². The molecule has 6 nitrogen and oxygen atoms in total. The summed E-state index contributed by atoms with van der Waals surface area (Å²) < 4.78 is 20.5. The maximum absolute atomic E-state index is 13.2. The number of carbonyl (C=O) groups excluding carboxylic acids is 1. The number of halogens is 1. The summed E-state index contributed by atoms with van der Waals surface area (Å²) in [6.07, 6.45) is 0.187. The minimum absolute atomic E-state index is 0.187. The van der Waals surface area contributed by atoms with Crippen molar-refractivity contribution in [2.24, 2.45) is 0 Å². The average Bonchev–Trinajstić information content (AvgIpc) is 3.24. The smallest absolute Gasteiger partial charge is 0.226 e. The molecule has 0 atom stereocenters. The van der Waals surface area contributed by atoms with Crippen molar-refractivity contribution in [2.75, 3.05) is 12.4 Å². The predicted octanol–water partition coefficient (Wildman–Crippen LogP) is 3.85. The van der Waals surface area contributed by atoms with Gasteiger partial charge in [0.25, 0.3) is 0 Å². The number of hydrogen-bond acceptors (Lipinski definition) is 5. The van der Waals surface area contributed by atoms with Gasteiger partial charge < -0.3 is 10.1 Å². The van der Waals surface area contributed by atoms with E-state index in [2.05, 4.69) is 15.5 Å². The number of aromatic amines is 1.